The number of methoxy groups -OCH3 is 1. The second-order valence-corrected chi connectivity index (χ2v) is 5.00. The van der Waals surface area contributed by atoms with Crippen LogP contribution in [0.4, 0.5) is 20.6 Å². The van der Waals surface area contributed by atoms with E-state index in [4.69, 9.17) is 10.5 Å². The summed E-state index contributed by atoms with van der Waals surface area (Å²) < 4.78 is 18.9. The van der Waals surface area contributed by atoms with Gasteiger partial charge in [-0.1, -0.05) is 0 Å². The standard InChI is InChI=1S/C13H17FN4O4/c1-22-9-6-10(14)12(18(20)21)11(7-9)17-4-2-8(3-5-17)16-13(15)19/h6-8H,2-5H2,1H3,(H3,15,16,19). The monoisotopic (exact) mass is 312 g/mol. The normalized spacial score (nSPS) is 15.5. The highest BCUT2D eigenvalue weighted by atomic mass is 19.1. The van der Waals surface area contributed by atoms with Crippen molar-refractivity contribution in [1.29, 1.82) is 0 Å². The molecule has 8 nitrogen and oxygen atoms in total. The Bertz CT molecular complexity index is 588. The van der Waals surface area contributed by atoms with Crippen LogP contribution in [0, 0.1) is 15.9 Å². The lowest BCUT2D eigenvalue weighted by molar-refractivity contribution is -0.386. The van der Waals surface area contributed by atoms with Crippen molar-refractivity contribution in [2.75, 3.05) is 25.1 Å². The van der Waals surface area contributed by atoms with E-state index in [2.05, 4.69) is 5.32 Å². The van der Waals surface area contributed by atoms with Crippen molar-refractivity contribution < 1.29 is 18.8 Å². The number of nitrogens with two attached hydrogens (primary N) is 1. The van der Waals surface area contributed by atoms with Gasteiger partial charge in [-0.05, 0) is 12.8 Å². The minimum Gasteiger partial charge on any atom is -0.497 e. The van der Waals surface area contributed by atoms with Gasteiger partial charge in [0, 0.05) is 31.3 Å². The summed E-state index contributed by atoms with van der Waals surface area (Å²) in [5.74, 6) is -0.716. The predicted octanol–water partition coefficient (Wildman–Crippen LogP) is 1.38. The molecule has 1 aliphatic rings. The average Bonchev–Trinajstić information content (AvgIpc) is 2.46. The maximum atomic E-state index is 13.9. The first-order chi connectivity index (χ1) is 10.4. The number of carbonyl (C=O) groups is 1. The van der Waals surface area contributed by atoms with E-state index < -0.39 is 22.5 Å². The van der Waals surface area contributed by atoms with Crippen LogP contribution >= 0.6 is 0 Å². The predicted molar refractivity (Wildman–Crippen MR) is 77.6 cm³/mol. The summed E-state index contributed by atoms with van der Waals surface area (Å²) in [5, 5.41) is 13.7. The van der Waals surface area contributed by atoms with Crippen LogP contribution in [0.1, 0.15) is 12.8 Å². The zero-order chi connectivity index (χ0) is 16.3. The number of urea groups is 1. The van der Waals surface area contributed by atoms with Gasteiger partial charge in [0.15, 0.2) is 0 Å². The van der Waals surface area contributed by atoms with Gasteiger partial charge in [0.05, 0.1) is 12.0 Å². The third-order valence-corrected chi connectivity index (χ3v) is 3.62. The second-order valence-electron chi connectivity index (χ2n) is 5.00. The minimum absolute atomic E-state index is 0.0803. The summed E-state index contributed by atoms with van der Waals surface area (Å²) in [7, 11) is 1.37. The van der Waals surface area contributed by atoms with E-state index in [0.717, 1.165) is 6.07 Å². The maximum absolute atomic E-state index is 13.9. The van der Waals surface area contributed by atoms with E-state index in [1.807, 2.05) is 0 Å². The summed E-state index contributed by atoms with van der Waals surface area (Å²) in [6.45, 7) is 0.886. The van der Waals surface area contributed by atoms with Crippen molar-refractivity contribution in [2.45, 2.75) is 18.9 Å². The highest BCUT2D eigenvalue weighted by Crippen LogP contribution is 2.36. The Morgan fingerprint density at radius 1 is 1.50 bits per heavy atom. The third kappa shape index (κ3) is 3.35. The van der Waals surface area contributed by atoms with Crippen molar-refractivity contribution >= 4 is 17.4 Å². The fourth-order valence-corrected chi connectivity index (χ4v) is 2.57. The number of halogens is 1. The number of rotatable bonds is 4. The molecule has 1 aliphatic heterocycles. The number of nitro benzene ring substituents is 1. The Hall–Kier alpha value is -2.58. The van der Waals surface area contributed by atoms with E-state index in [9.17, 15) is 19.3 Å². The molecule has 0 unspecified atom stereocenters. The summed E-state index contributed by atoms with van der Waals surface area (Å²) >= 11 is 0. The molecule has 0 aromatic heterocycles. The average molecular weight is 312 g/mol. The number of nitro groups is 1. The first-order valence-electron chi connectivity index (χ1n) is 6.75. The molecule has 0 bridgehead atoms. The molecule has 0 radical (unpaired) electrons. The molecule has 2 rings (SSSR count). The summed E-state index contributed by atoms with van der Waals surface area (Å²) in [6, 6.07) is 1.76. The smallest absolute Gasteiger partial charge is 0.328 e. The number of amides is 2. The molecule has 120 valence electrons. The molecular formula is C13H17FN4O4. The van der Waals surface area contributed by atoms with Crippen molar-refractivity contribution in [3.63, 3.8) is 0 Å². The van der Waals surface area contributed by atoms with Crippen LogP contribution in [0.3, 0.4) is 0 Å². The molecule has 1 aromatic carbocycles. The molecule has 1 fully saturated rings. The fraction of sp³-hybridized carbons (Fsp3) is 0.462. The fourth-order valence-electron chi connectivity index (χ4n) is 2.57. The zero-order valence-corrected chi connectivity index (χ0v) is 12.0. The van der Waals surface area contributed by atoms with Crippen LogP contribution in [0.2, 0.25) is 0 Å². The molecule has 1 saturated heterocycles. The van der Waals surface area contributed by atoms with Gasteiger partial charge in [-0.15, -0.1) is 0 Å². The van der Waals surface area contributed by atoms with E-state index in [0.29, 0.717) is 25.9 Å². The van der Waals surface area contributed by atoms with Crippen LogP contribution in [0.15, 0.2) is 12.1 Å². The lowest BCUT2D eigenvalue weighted by atomic mass is 10.0. The Morgan fingerprint density at radius 3 is 2.64 bits per heavy atom. The molecular weight excluding hydrogens is 295 g/mol. The molecule has 1 aromatic rings. The van der Waals surface area contributed by atoms with Crippen LogP contribution < -0.4 is 20.7 Å². The van der Waals surface area contributed by atoms with Gasteiger partial charge in [0.1, 0.15) is 11.4 Å². The Morgan fingerprint density at radius 2 is 2.14 bits per heavy atom. The number of carbonyl (C=O) groups excluding carboxylic acids is 1. The first kappa shape index (κ1) is 15.8. The quantitative estimate of drug-likeness (QED) is 0.644. The van der Waals surface area contributed by atoms with Crippen LogP contribution in [-0.4, -0.2) is 37.2 Å². The van der Waals surface area contributed by atoms with Gasteiger partial charge in [-0.2, -0.15) is 4.39 Å². The topological polar surface area (TPSA) is 111 Å². The van der Waals surface area contributed by atoms with Crippen LogP contribution in [0.25, 0.3) is 0 Å². The molecule has 0 saturated carbocycles. The third-order valence-electron chi connectivity index (χ3n) is 3.62. The van der Waals surface area contributed by atoms with Gasteiger partial charge in [-0.3, -0.25) is 10.1 Å². The number of hydrogen-bond acceptors (Lipinski definition) is 5. The number of anilines is 1. The Balaban J connectivity index is 2.23. The minimum atomic E-state index is -0.934. The molecule has 22 heavy (non-hydrogen) atoms. The van der Waals surface area contributed by atoms with Crippen molar-refractivity contribution in [1.82, 2.24) is 5.32 Å². The van der Waals surface area contributed by atoms with Crippen molar-refractivity contribution in [3.05, 3.63) is 28.1 Å². The lowest BCUT2D eigenvalue weighted by Gasteiger charge is -2.33. The summed E-state index contributed by atoms with van der Waals surface area (Å²) in [6.07, 6.45) is 1.14. The SMILES string of the molecule is COc1cc(F)c([N+](=O)[O-])c(N2CCC(NC(N)=O)CC2)c1. The van der Waals surface area contributed by atoms with Gasteiger partial charge in [-0.25, -0.2) is 4.79 Å². The van der Waals surface area contributed by atoms with Crippen LogP contribution in [-0.2, 0) is 0 Å². The Labute approximate surface area is 126 Å². The van der Waals surface area contributed by atoms with E-state index in [1.165, 1.54) is 13.2 Å². The maximum Gasteiger partial charge on any atom is 0.328 e. The van der Waals surface area contributed by atoms with Gasteiger partial charge >= 0.3 is 11.7 Å². The number of primary amides is 1. The highest BCUT2D eigenvalue weighted by molar-refractivity contribution is 5.72. The Kier molecular flexibility index (Phi) is 4.64. The van der Waals surface area contributed by atoms with E-state index in [-0.39, 0.29) is 17.5 Å². The van der Waals surface area contributed by atoms with E-state index in [1.54, 1.807) is 4.90 Å². The second kappa shape index (κ2) is 6.46. The largest absolute Gasteiger partial charge is 0.497 e. The number of hydrogen-bond donors (Lipinski definition) is 2. The molecule has 0 atom stereocenters. The number of nitrogens with one attached hydrogen (secondary N) is 1. The zero-order valence-electron chi connectivity index (χ0n) is 12.0. The molecule has 0 aliphatic carbocycles. The van der Waals surface area contributed by atoms with Gasteiger partial charge in [0.25, 0.3) is 0 Å². The van der Waals surface area contributed by atoms with Gasteiger partial charge in [0.2, 0.25) is 5.82 Å². The highest BCUT2D eigenvalue weighted by Gasteiger charge is 2.29. The number of piperidine rings is 1. The molecule has 9 heteroatoms. The lowest BCUT2D eigenvalue weighted by Crippen LogP contribution is -2.46. The summed E-state index contributed by atoms with van der Waals surface area (Å²) in [5.41, 5.74) is 4.68. The first-order valence-corrected chi connectivity index (χ1v) is 6.75. The number of ether oxygens (including phenoxy) is 1. The number of benzene rings is 1. The van der Waals surface area contributed by atoms with Crippen molar-refractivity contribution in [2.24, 2.45) is 5.73 Å². The number of nitrogens with zero attached hydrogens (tertiary/aromatic N) is 2. The summed E-state index contributed by atoms with van der Waals surface area (Å²) in [4.78, 5) is 22.9. The molecule has 0 spiro atoms. The van der Waals surface area contributed by atoms with Gasteiger partial charge < -0.3 is 20.7 Å². The van der Waals surface area contributed by atoms with Crippen molar-refractivity contribution in [3.8, 4) is 5.75 Å². The molecule has 1 heterocycles. The van der Waals surface area contributed by atoms with Crippen LogP contribution in [0.5, 0.6) is 5.75 Å². The van der Waals surface area contributed by atoms with E-state index >= 15 is 0 Å². The molecule has 2 amide bonds. The molecule has 3 N–H and O–H groups in total.